The number of hydrogen-bond acceptors (Lipinski definition) is 3. The molecule has 2 aromatic rings. The fourth-order valence-corrected chi connectivity index (χ4v) is 2.55. The number of amides is 1. The molecular weight excluding hydrogens is 271 g/mol. The maximum atomic E-state index is 13.2. The first-order chi connectivity index (χ1) is 10.1. The summed E-state index contributed by atoms with van der Waals surface area (Å²) in [5.74, 6) is 0.738. The molecule has 1 heterocycles. The summed E-state index contributed by atoms with van der Waals surface area (Å²) in [6.07, 6.45) is 3.08. The van der Waals surface area contributed by atoms with Gasteiger partial charge in [0.2, 0.25) is 5.91 Å². The van der Waals surface area contributed by atoms with Crippen LogP contribution in [0.15, 0.2) is 30.6 Å². The molecule has 0 spiro atoms. The topological polar surface area (TPSA) is 59.8 Å². The highest BCUT2D eigenvalue weighted by molar-refractivity contribution is 5.82. The zero-order valence-corrected chi connectivity index (χ0v) is 11.8. The van der Waals surface area contributed by atoms with Crippen molar-refractivity contribution >= 4 is 5.91 Å². The molecular formula is C15H17FN4O. The standard InChI is InChI=1S/C15H17FN4O/c1-20-9-18-19-14(20)5-6-17-15(21)13-8-12(13)10-3-2-4-11(16)7-10/h2-4,7,9,12-13H,5-6,8H2,1H3,(H,17,21). The highest BCUT2D eigenvalue weighted by Crippen LogP contribution is 2.47. The van der Waals surface area contributed by atoms with Crippen LogP contribution < -0.4 is 5.32 Å². The van der Waals surface area contributed by atoms with Crippen molar-refractivity contribution in [3.8, 4) is 0 Å². The lowest BCUT2D eigenvalue weighted by atomic mass is 10.1. The minimum Gasteiger partial charge on any atom is -0.355 e. The van der Waals surface area contributed by atoms with Crippen molar-refractivity contribution in [2.45, 2.75) is 18.8 Å². The van der Waals surface area contributed by atoms with Crippen molar-refractivity contribution in [1.29, 1.82) is 0 Å². The van der Waals surface area contributed by atoms with E-state index in [2.05, 4.69) is 15.5 Å². The minimum absolute atomic E-state index is 0.0337. The largest absolute Gasteiger partial charge is 0.355 e. The first kappa shape index (κ1) is 13.7. The molecule has 110 valence electrons. The Labute approximate surface area is 122 Å². The number of carbonyl (C=O) groups is 1. The lowest BCUT2D eigenvalue weighted by molar-refractivity contribution is -0.122. The zero-order chi connectivity index (χ0) is 14.8. The van der Waals surface area contributed by atoms with E-state index >= 15 is 0 Å². The molecule has 5 nitrogen and oxygen atoms in total. The van der Waals surface area contributed by atoms with Gasteiger partial charge in [0.05, 0.1) is 0 Å². The Balaban J connectivity index is 1.48. The van der Waals surface area contributed by atoms with E-state index in [1.165, 1.54) is 12.1 Å². The number of benzene rings is 1. The molecule has 6 heteroatoms. The average Bonchev–Trinajstić information content (AvgIpc) is 3.17. The Kier molecular flexibility index (Phi) is 3.68. The van der Waals surface area contributed by atoms with E-state index in [0.29, 0.717) is 13.0 Å². The monoisotopic (exact) mass is 288 g/mol. The number of halogens is 1. The summed E-state index contributed by atoms with van der Waals surface area (Å²) in [7, 11) is 1.87. The Morgan fingerprint density at radius 2 is 2.38 bits per heavy atom. The number of aromatic nitrogens is 3. The highest BCUT2D eigenvalue weighted by atomic mass is 19.1. The summed E-state index contributed by atoms with van der Waals surface area (Å²) in [6, 6.07) is 6.49. The van der Waals surface area contributed by atoms with Gasteiger partial charge < -0.3 is 9.88 Å². The second-order valence-corrected chi connectivity index (χ2v) is 5.40. The summed E-state index contributed by atoms with van der Waals surface area (Å²) in [5, 5.41) is 10.7. The third kappa shape index (κ3) is 3.09. The van der Waals surface area contributed by atoms with E-state index in [0.717, 1.165) is 17.8 Å². The normalized spacial score (nSPS) is 20.3. The van der Waals surface area contributed by atoms with E-state index in [1.807, 2.05) is 17.7 Å². The lowest BCUT2D eigenvalue weighted by Crippen LogP contribution is -2.28. The first-order valence-corrected chi connectivity index (χ1v) is 7.01. The Morgan fingerprint density at radius 1 is 1.52 bits per heavy atom. The van der Waals surface area contributed by atoms with Gasteiger partial charge in [0.1, 0.15) is 18.0 Å². The van der Waals surface area contributed by atoms with Gasteiger partial charge in [-0.15, -0.1) is 10.2 Å². The molecule has 2 unspecified atom stereocenters. The summed E-state index contributed by atoms with van der Waals surface area (Å²) < 4.78 is 15.0. The first-order valence-electron chi connectivity index (χ1n) is 7.01. The third-order valence-corrected chi connectivity index (χ3v) is 3.86. The highest BCUT2D eigenvalue weighted by Gasteiger charge is 2.43. The number of aryl methyl sites for hydroxylation is 1. The predicted octanol–water partition coefficient (Wildman–Crippen LogP) is 1.42. The van der Waals surface area contributed by atoms with Crippen LogP contribution in [0.2, 0.25) is 0 Å². The van der Waals surface area contributed by atoms with Crippen LogP contribution in [-0.2, 0) is 18.3 Å². The number of carbonyl (C=O) groups excluding carboxylic acids is 1. The fraction of sp³-hybridized carbons (Fsp3) is 0.400. The molecule has 1 fully saturated rings. The summed E-state index contributed by atoms with van der Waals surface area (Å²) in [5.41, 5.74) is 0.906. The van der Waals surface area contributed by atoms with E-state index in [4.69, 9.17) is 0 Å². The average molecular weight is 288 g/mol. The molecule has 1 aromatic heterocycles. The number of rotatable bonds is 5. The van der Waals surface area contributed by atoms with Gasteiger partial charge in [0.25, 0.3) is 0 Å². The van der Waals surface area contributed by atoms with Crippen LogP contribution in [0.25, 0.3) is 0 Å². The Morgan fingerprint density at radius 3 is 3.10 bits per heavy atom. The molecule has 1 aromatic carbocycles. The zero-order valence-electron chi connectivity index (χ0n) is 11.8. The van der Waals surface area contributed by atoms with Gasteiger partial charge in [-0.3, -0.25) is 4.79 Å². The molecule has 1 aliphatic rings. The molecule has 1 amide bonds. The van der Waals surface area contributed by atoms with Crippen molar-refractivity contribution in [2.24, 2.45) is 13.0 Å². The van der Waals surface area contributed by atoms with Crippen molar-refractivity contribution in [3.05, 3.63) is 47.8 Å². The minimum atomic E-state index is -0.249. The van der Waals surface area contributed by atoms with Crippen LogP contribution in [0, 0.1) is 11.7 Å². The van der Waals surface area contributed by atoms with Gasteiger partial charge in [-0.1, -0.05) is 12.1 Å². The van der Waals surface area contributed by atoms with Crippen LogP contribution in [-0.4, -0.2) is 27.2 Å². The van der Waals surface area contributed by atoms with E-state index < -0.39 is 0 Å². The van der Waals surface area contributed by atoms with Crippen LogP contribution in [0.3, 0.4) is 0 Å². The molecule has 1 aliphatic carbocycles. The van der Waals surface area contributed by atoms with Crippen LogP contribution in [0.1, 0.15) is 23.7 Å². The van der Waals surface area contributed by atoms with Gasteiger partial charge in [-0.2, -0.15) is 0 Å². The molecule has 1 N–H and O–H groups in total. The molecule has 3 rings (SSSR count). The maximum absolute atomic E-state index is 13.2. The quantitative estimate of drug-likeness (QED) is 0.905. The van der Waals surface area contributed by atoms with Gasteiger partial charge >= 0.3 is 0 Å². The predicted molar refractivity (Wildman–Crippen MR) is 75.0 cm³/mol. The van der Waals surface area contributed by atoms with Gasteiger partial charge in [0.15, 0.2) is 0 Å². The number of nitrogens with zero attached hydrogens (tertiary/aromatic N) is 3. The molecule has 0 radical (unpaired) electrons. The van der Waals surface area contributed by atoms with Gasteiger partial charge in [-0.25, -0.2) is 4.39 Å². The van der Waals surface area contributed by atoms with E-state index in [1.54, 1.807) is 12.4 Å². The smallest absolute Gasteiger partial charge is 0.223 e. The van der Waals surface area contributed by atoms with Crippen molar-refractivity contribution in [2.75, 3.05) is 6.54 Å². The molecule has 1 saturated carbocycles. The van der Waals surface area contributed by atoms with Crippen LogP contribution in [0.5, 0.6) is 0 Å². The van der Waals surface area contributed by atoms with Crippen molar-refractivity contribution < 1.29 is 9.18 Å². The molecule has 21 heavy (non-hydrogen) atoms. The fourth-order valence-electron chi connectivity index (χ4n) is 2.55. The van der Waals surface area contributed by atoms with Crippen LogP contribution >= 0.6 is 0 Å². The second kappa shape index (κ2) is 5.63. The van der Waals surface area contributed by atoms with Gasteiger partial charge in [-0.05, 0) is 30.0 Å². The number of nitrogens with one attached hydrogen (secondary N) is 1. The van der Waals surface area contributed by atoms with Crippen molar-refractivity contribution in [3.63, 3.8) is 0 Å². The number of hydrogen-bond donors (Lipinski definition) is 1. The Hall–Kier alpha value is -2.24. The molecule has 0 aliphatic heterocycles. The van der Waals surface area contributed by atoms with E-state index in [9.17, 15) is 9.18 Å². The second-order valence-electron chi connectivity index (χ2n) is 5.40. The van der Waals surface area contributed by atoms with Crippen LogP contribution in [0.4, 0.5) is 4.39 Å². The Bertz CT molecular complexity index is 655. The summed E-state index contributed by atoms with van der Waals surface area (Å²) in [4.78, 5) is 12.0. The molecule has 2 atom stereocenters. The summed E-state index contributed by atoms with van der Waals surface area (Å²) in [6.45, 7) is 0.539. The van der Waals surface area contributed by atoms with Gasteiger partial charge in [0, 0.05) is 25.9 Å². The summed E-state index contributed by atoms with van der Waals surface area (Å²) >= 11 is 0. The molecule has 0 saturated heterocycles. The molecule has 0 bridgehead atoms. The van der Waals surface area contributed by atoms with E-state index in [-0.39, 0.29) is 23.6 Å². The third-order valence-electron chi connectivity index (χ3n) is 3.86. The van der Waals surface area contributed by atoms with Crippen molar-refractivity contribution in [1.82, 2.24) is 20.1 Å². The maximum Gasteiger partial charge on any atom is 0.223 e. The SMILES string of the molecule is Cn1cnnc1CCNC(=O)C1CC1c1cccc(F)c1. The lowest BCUT2D eigenvalue weighted by Gasteiger charge is -2.05.